The molecule has 0 bridgehead atoms. The predicted octanol–water partition coefficient (Wildman–Crippen LogP) is 2.96. The van der Waals surface area contributed by atoms with Crippen molar-refractivity contribution >= 4 is 11.6 Å². The van der Waals surface area contributed by atoms with Crippen molar-refractivity contribution in [2.75, 3.05) is 17.2 Å². The number of nitrogens with zero attached hydrogens (tertiary/aromatic N) is 2. The van der Waals surface area contributed by atoms with Crippen molar-refractivity contribution in [3.05, 3.63) is 11.9 Å². The molecule has 0 saturated heterocycles. The van der Waals surface area contributed by atoms with Crippen molar-refractivity contribution < 1.29 is 0 Å². The molecule has 0 spiro atoms. The summed E-state index contributed by atoms with van der Waals surface area (Å²) in [5.74, 6) is 1.92. The van der Waals surface area contributed by atoms with Gasteiger partial charge < -0.3 is 10.6 Å². The number of hydrogen-bond donors (Lipinski definition) is 2. The van der Waals surface area contributed by atoms with Crippen molar-refractivity contribution in [1.82, 2.24) is 9.97 Å². The summed E-state index contributed by atoms with van der Waals surface area (Å²) in [7, 11) is 0. The van der Waals surface area contributed by atoms with Gasteiger partial charge in [-0.25, -0.2) is 9.97 Å². The van der Waals surface area contributed by atoms with Gasteiger partial charge in [-0.05, 0) is 39.5 Å². The molecule has 0 radical (unpaired) electrons. The van der Waals surface area contributed by atoms with Gasteiger partial charge in [-0.3, -0.25) is 0 Å². The van der Waals surface area contributed by atoms with Crippen LogP contribution in [0.1, 0.15) is 45.1 Å². The lowest BCUT2D eigenvalue weighted by atomic mass is 9.78. The number of rotatable bonds is 5. The van der Waals surface area contributed by atoms with Crippen LogP contribution in [0.2, 0.25) is 0 Å². The van der Waals surface area contributed by atoms with Crippen LogP contribution in [0.4, 0.5) is 11.6 Å². The summed E-state index contributed by atoms with van der Waals surface area (Å²) in [5.41, 5.74) is 1.36. The van der Waals surface area contributed by atoms with Gasteiger partial charge in [0.05, 0.1) is 0 Å². The minimum absolute atomic E-state index is 0.237. The smallest absolute Gasteiger partial charge is 0.134 e. The monoisotopic (exact) mass is 234 g/mol. The average Bonchev–Trinajstić information content (AvgIpc) is 2.28. The molecule has 1 fully saturated rings. The molecular formula is C13H22N4. The van der Waals surface area contributed by atoms with E-state index in [1.54, 1.807) is 6.33 Å². The van der Waals surface area contributed by atoms with Crippen LogP contribution in [0.3, 0.4) is 0 Å². The van der Waals surface area contributed by atoms with Crippen LogP contribution in [0.15, 0.2) is 6.33 Å². The van der Waals surface area contributed by atoms with Crippen LogP contribution in [-0.4, -0.2) is 22.1 Å². The third kappa shape index (κ3) is 2.68. The van der Waals surface area contributed by atoms with Gasteiger partial charge in [0.25, 0.3) is 0 Å². The molecular weight excluding hydrogens is 212 g/mol. The molecule has 0 atom stereocenters. The summed E-state index contributed by atoms with van der Waals surface area (Å²) >= 11 is 0. The van der Waals surface area contributed by atoms with Gasteiger partial charge in [-0.15, -0.1) is 0 Å². The second-order valence-corrected chi connectivity index (χ2v) is 5.16. The highest BCUT2D eigenvalue weighted by atomic mass is 15.1. The molecule has 0 amide bonds. The molecule has 2 rings (SSSR count). The maximum absolute atomic E-state index is 4.35. The minimum Gasteiger partial charge on any atom is -0.370 e. The van der Waals surface area contributed by atoms with Crippen LogP contribution in [0, 0.1) is 6.92 Å². The van der Waals surface area contributed by atoms with Crippen LogP contribution in [-0.2, 0) is 0 Å². The highest BCUT2D eigenvalue weighted by molar-refractivity contribution is 5.57. The van der Waals surface area contributed by atoms with Crippen LogP contribution >= 0.6 is 0 Å². The lowest BCUT2D eigenvalue weighted by Gasteiger charge is -2.40. The largest absolute Gasteiger partial charge is 0.370 e. The summed E-state index contributed by atoms with van der Waals surface area (Å²) < 4.78 is 0. The first-order valence-corrected chi connectivity index (χ1v) is 6.48. The van der Waals surface area contributed by atoms with E-state index in [9.17, 15) is 0 Å². The highest BCUT2D eigenvalue weighted by Gasteiger charge is 2.32. The van der Waals surface area contributed by atoms with Gasteiger partial charge in [0.1, 0.15) is 18.0 Å². The molecule has 1 saturated carbocycles. The topological polar surface area (TPSA) is 49.8 Å². The molecule has 17 heavy (non-hydrogen) atoms. The number of aromatic nitrogens is 2. The number of hydrogen-bond acceptors (Lipinski definition) is 4. The number of anilines is 2. The van der Waals surface area contributed by atoms with Crippen molar-refractivity contribution in [2.24, 2.45) is 0 Å². The van der Waals surface area contributed by atoms with E-state index in [0.29, 0.717) is 0 Å². The second-order valence-electron chi connectivity index (χ2n) is 5.16. The van der Waals surface area contributed by atoms with Crippen molar-refractivity contribution in [1.29, 1.82) is 0 Å². The SMILES string of the molecule is CCCNc1ncnc(NC2(C)CCC2)c1C. The average molecular weight is 234 g/mol. The Bertz CT molecular complexity index is 385. The third-order valence-electron chi connectivity index (χ3n) is 3.50. The lowest BCUT2D eigenvalue weighted by Crippen LogP contribution is -2.42. The van der Waals surface area contributed by atoms with Crippen LogP contribution < -0.4 is 10.6 Å². The van der Waals surface area contributed by atoms with E-state index in [2.05, 4.69) is 41.4 Å². The Labute approximate surface area is 103 Å². The normalized spacial score (nSPS) is 17.4. The maximum atomic E-state index is 4.35. The Hall–Kier alpha value is -1.32. The molecule has 1 aliphatic rings. The van der Waals surface area contributed by atoms with E-state index < -0.39 is 0 Å². The summed E-state index contributed by atoms with van der Waals surface area (Å²) in [6, 6.07) is 0. The van der Waals surface area contributed by atoms with Gasteiger partial charge in [0.2, 0.25) is 0 Å². The molecule has 1 aromatic rings. The zero-order valence-electron chi connectivity index (χ0n) is 11.0. The summed E-state index contributed by atoms with van der Waals surface area (Å²) in [4.78, 5) is 8.64. The van der Waals surface area contributed by atoms with Gasteiger partial charge in [0, 0.05) is 17.6 Å². The van der Waals surface area contributed by atoms with Crippen LogP contribution in [0.5, 0.6) is 0 Å². The Morgan fingerprint density at radius 3 is 2.59 bits per heavy atom. The Balaban J connectivity index is 2.11. The second kappa shape index (κ2) is 4.90. The van der Waals surface area contributed by atoms with Crippen molar-refractivity contribution in [3.8, 4) is 0 Å². The van der Waals surface area contributed by atoms with Gasteiger partial charge >= 0.3 is 0 Å². The first-order valence-electron chi connectivity index (χ1n) is 6.48. The zero-order valence-corrected chi connectivity index (χ0v) is 11.0. The van der Waals surface area contributed by atoms with E-state index in [1.807, 2.05) is 0 Å². The summed E-state index contributed by atoms with van der Waals surface area (Å²) in [6.07, 6.45) is 6.51. The maximum Gasteiger partial charge on any atom is 0.134 e. The van der Waals surface area contributed by atoms with Gasteiger partial charge in [-0.1, -0.05) is 6.92 Å². The van der Waals surface area contributed by atoms with E-state index in [1.165, 1.54) is 19.3 Å². The molecule has 0 aromatic carbocycles. The van der Waals surface area contributed by atoms with Crippen molar-refractivity contribution in [3.63, 3.8) is 0 Å². The quantitative estimate of drug-likeness (QED) is 0.822. The molecule has 1 heterocycles. The number of nitrogens with one attached hydrogen (secondary N) is 2. The minimum atomic E-state index is 0.237. The third-order valence-corrected chi connectivity index (χ3v) is 3.50. The molecule has 4 nitrogen and oxygen atoms in total. The van der Waals surface area contributed by atoms with Gasteiger partial charge in [-0.2, -0.15) is 0 Å². The first kappa shape index (κ1) is 12.1. The Kier molecular flexibility index (Phi) is 3.50. The standard InChI is InChI=1S/C13H22N4/c1-4-8-14-11-10(2)12(16-9-15-11)17-13(3)6-5-7-13/h9H,4-8H2,1-3H3,(H2,14,15,16,17). The first-order chi connectivity index (χ1) is 8.14. The van der Waals surface area contributed by atoms with E-state index in [4.69, 9.17) is 0 Å². The molecule has 0 aliphatic heterocycles. The van der Waals surface area contributed by atoms with Crippen molar-refractivity contribution in [2.45, 2.75) is 52.0 Å². The molecule has 0 unspecified atom stereocenters. The fourth-order valence-electron chi connectivity index (χ4n) is 2.12. The Morgan fingerprint density at radius 1 is 1.29 bits per heavy atom. The van der Waals surface area contributed by atoms with E-state index in [0.717, 1.165) is 30.2 Å². The lowest BCUT2D eigenvalue weighted by molar-refractivity contribution is 0.305. The van der Waals surface area contributed by atoms with Crippen LogP contribution in [0.25, 0.3) is 0 Å². The molecule has 2 N–H and O–H groups in total. The zero-order chi connectivity index (χ0) is 12.3. The van der Waals surface area contributed by atoms with E-state index in [-0.39, 0.29) is 5.54 Å². The molecule has 94 valence electrons. The van der Waals surface area contributed by atoms with Gasteiger partial charge in [0.15, 0.2) is 0 Å². The summed E-state index contributed by atoms with van der Waals surface area (Å²) in [5, 5.41) is 6.88. The fraction of sp³-hybridized carbons (Fsp3) is 0.692. The molecule has 1 aliphatic carbocycles. The predicted molar refractivity (Wildman–Crippen MR) is 71.4 cm³/mol. The fourth-order valence-corrected chi connectivity index (χ4v) is 2.12. The molecule has 4 heteroatoms. The molecule has 1 aromatic heterocycles. The Morgan fingerprint density at radius 2 is 2.00 bits per heavy atom. The van der Waals surface area contributed by atoms with E-state index >= 15 is 0 Å². The summed E-state index contributed by atoms with van der Waals surface area (Å²) in [6.45, 7) is 7.44. The highest BCUT2D eigenvalue weighted by Crippen LogP contribution is 2.35.